The van der Waals surface area contributed by atoms with E-state index in [1.807, 2.05) is 6.92 Å². The first-order chi connectivity index (χ1) is 5.66. The largest absolute Gasteiger partial charge is 0.434 e. The zero-order valence-electron chi connectivity index (χ0n) is 7.18. The highest BCUT2D eigenvalue weighted by molar-refractivity contribution is 6.30. The molecule has 0 N–H and O–H groups in total. The molecule has 0 aromatic carbocycles. The second-order valence-corrected chi connectivity index (χ2v) is 2.83. The minimum atomic E-state index is -0.231. The highest BCUT2D eigenvalue weighted by Crippen LogP contribution is 2.00. The van der Waals surface area contributed by atoms with Crippen LogP contribution >= 0.6 is 11.6 Å². The molecule has 0 heterocycles. The molecular formula is C9H13ClO2. The Morgan fingerprint density at radius 3 is 2.83 bits per heavy atom. The molecule has 2 nitrogen and oxygen atoms in total. The van der Waals surface area contributed by atoms with E-state index in [0.717, 1.165) is 12.8 Å². The average molecular weight is 189 g/mol. The van der Waals surface area contributed by atoms with Crippen LogP contribution in [0.3, 0.4) is 0 Å². The highest BCUT2D eigenvalue weighted by atomic mass is 35.5. The molecule has 0 bridgehead atoms. The summed E-state index contributed by atoms with van der Waals surface area (Å²) in [5.41, 5.74) is 0. The van der Waals surface area contributed by atoms with Crippen molar-refractivity contribution in [2.45, 2.75) is 26.2 Å². The molecule has 0 aliphatic carbocycles. The van der Waals surface area contributed by atoms with Gasteiger partial charge in [-0.05, 0) is 12.5 Å². The lowest BCUT2D eigenvalue weighted by atomic mass is 10.3. The van der Waals surface area contributed by atoms with Crippen LogP contribution in [-0.4, -0.2) is 5.97 Å². The van der Waals surface area contributed by atoms with Crippen molar-refractivity contribution in [2.75, 3.05) is 0 Å². The summed E-state index contributed by atoms with van der Waals surface area (Å²) in [4.78, 5) is 10.8. The number of hydrogen-bond acceptors (Lipinski definition) is 2. The van der Waals surface area contributed by atoms with Crippen molar-refractivity contribution in [3.05, 3.63) is 23.9 Å². The number of ether oxygens (including phenoxy) is 1. The van der Waals surface area contributed by atoms with E-state index in [-0.39, 0.29) is 5.97 Å². The van der Waals surface area contributed by atoms with Crippen LogP contribution in [-0.2, 0) is 9.53 Å². The van der Waals surface area contributed by atoms with E-state index in [4.69, 9.17) is 16.3 Å². The Labute approximate surface area is 77.9 Å². The Morgan fingerprint density at radius 2 is 2.33 bits per heavy atom. The lowest BCUT2D eigenvalue weighted by molar-refractivity contribution is -0.138. The van der Waals surface area contributed by atoms with E-state index < -0.39 is 0 Å². The normalized spacial score (nSPS) is 10.2. The summed E-state index contributed by atoms with van der Waals surface area (Å²) in [7, 11) is 0. The van der Waals surface area contributed by atoms with Gasteiger partial charge in [-0.3, -0.25) is 4.79 Å². The van der Waals surface area contributed by atoms with Gasteiger partial charge in [-0.1, -0.05) is 31.5 Å². The maximum absolute atomic E-state index is 10.8. The molecule has 0 aliphatic heterocycles. The van der Waals surface area contributed by atoms with E-state index in [0.29, 0.717) is 11.5 Å². The van der Waals surface area contributed by atoms with Crippen molar-refractivity contribution in [1.82, 2.24) is 0 Å². The van der Waals surface area contributed by atoms with Gasteiger partial charge in [0.15, 0.2) is 0 Å². The number of rotatable bonds is 5. The molecular weight excluding hydrogens is 176 g/mol. The molecule has 0 aliphatic rings. The van der Waals surface area contributed by atoms with Crippen molar-refractivity contribution in [3.63, 3.8) is 0 Å². The molecule has 0 radical (unpaired) electrons. The highest BCUT2D eigenvalue weighted by Gasteiger charge is 1.97. The van der Waals surface area contributed by atoms with Crippen LogP contribution in [0.1, 0.15) is 26.2 Å². The Balaban J connectivity index is 3.50. The Hall–Kier alpha value is -0.760. The van der Waals surface area contributed by atoms with Crippen LogP contribution in [0.25, 0.3) is 0 Å². The summed E-state index contributed by atoms with van der Waals surface area (Å²) < 4.78 is 4.69. The molecule has 68 valence electrons. The minimum absolute atomic E-state index is 0.231. The Bertz CT molecular complexity index is 185. The summed E-state index contributed by atoms with van der Waals surface area (Å²) >= 11 is 5.39. The molecule has 12 heavy (non-hydrogen) atoms. The van der Waals surface area contributed by atoms with Gasteiger partial charge in [-0.2, -0.15) is 0 Å². The standard InChI is InChI=1S/C9H13ClO2/c1-3-4-5-9(11)12-7-6-8(2)10/h6-7H,2-5H2,1H3. The molecule has 0 fully saturated rings. The number of carbonyl (C=O) groups is 1. The lowest BCUT2D eigenvalue weighted by Crippen LogP contribution is -1.98. The molecule has 3 heteroatoms. The van der Waals surface area contributed by atoms with Crippen molar-refractivity contribution in [1.29, 1.82) is 0 Å². The summed E-state index contributed by atoms with van der Waals surface area (Å²) in [6, 6.07) is 0. The van der Waals surface area contributed by atoms with Gasteiger partial charge in [0.05, 0.1) is 6.26 Å². The Kier molecular flexibility index (Phi) is 6.48. The summed E-state index contributed by atoms with van der Waals surface area (Å²) in [5.74, 6) is -0.231. The summed E-state index contributed by atoms with van der Waals surface area (Å²) in [5, 5.41) is 0.346. The van der Waals surface area contributed by atoms with Gasteiger partial charge in [-0.15, -0.1) is 0 Å². The van der Waals surface area contributed by atoms with Crippen molar-refractivity contribution >= 4 is 17.6 Å². The molecule has 0 aromatic rings. The predicted octanol–water partition coefficient (Wildman–Crippen LogP) is 2.99. The number of halogens is 1. The minimum Gasteiger partial charge on any atom is -0.434 e. The van der Waals surface area contributed by atoms with Crippen LogP contribution in [0, 0.1) is 0 Å². The topological polar surface area (TPSA) is 26.3 Å². The third-order valence-corrected chi connectivity index (χ3v) is 1.31. The van der Waals surface area contributed by atoms with Gasteiger partial charge >= 0.3 is 5.97 Å². The third-order valence-electron chi connectivity index (χ3n) is 1.18. The van der Waals surface area contributed by atoms with Gasteiger partial charge in [-0.25, -0.2) is 0 Å². The van der Waals surface area contributed by atoms with Gasteiger partial charge < -0.3 is 4.74 Å². The maximum atomic E-state index is 10.8. The number of hydrogen-bond donors (Lipinski definition) is 0. The summed E-state index contributed by atoms with van der Waals surface area (Å²) in [6.45, 7) is 5.42. The number of unbranched alkanes of at least 4 members (excludes halogenated alkanes) is 1. The van der Waals surface area contributed by atoms with Crippen molar-refractivity contribution in [3.8, 4) is 0 Å². The molecule has 0 aromatic heterocycles. The van der Waals surface area contributed by atoms with Gasteiger partial charge in [0.25, 0.3) is 0 Å². The quantitative estimate of drug-likeness (QED) is 0.377. The second kappa shape index (κ2) is 6.92. The summed E-state index contributed by atoms with van der Waals surface area (Å²) in [6.07, 6.45) is 4.99. The van der Waals surface area contributed by atoms with E-state index in [1.54, 1.807) is 0 Å². The molecule has 0 amide bonds. The fraction of sp³-hybridized carbons (Fsp3) is 0.444. The van der Waals surface area contributed by atoms with E-state index >= 15 is 0 Å². The lowest BCUT2D eigenvalue weighted by Gasteiger charge is -1.96. The number of allylic oxidation sites excluding steroid dienone is 2. The molecule has 0 rings (SSSR count). The maximum Gasteiger partial charge on any atom is 0.310 e. The van der Waals surface area contributed by atoms with Crippen LogP contribution in [0.5, 0.6) is 0 Å². The molecule has 0 saturated carbocycles. The van der Waals surface area contributed by atoms with Crippen molar-refractivity contribution < 1.29 is 9.53 Å². The number of carbonyl (C=O) groups excluding carboxylic acids is 1. The van der Waals surface area contributed by atoms with Gasteiger partial charge in [0.2, 0.25) is 0 Å². The first kappa shape index (κ1) is 11.2. The zero-order valence-corrected chi connectivity index (χ0v) is 7.93. The van der Waals surface area contributed by atoms with Crippen LogP contribution in [0.2, 0.25) is 0 Å². The second-order valence-electron chi connectivity index (χ2n) is 2.34. The van der Waals surface area contributed by atoms with Gasteiger partial charge in [0.1, 0.15) is 0 Å². The van der Waals surface area contributed by atoms with Crippen molar-refractivity contribution in [2.24, 2.45) is 0 Å². The van der Waals surface area contributed by atoms with E-state index in [1.165, 1.54) is 12.3 Å². The average Bonchev–Trinajstić information content (AvgIpc) is 2.00. The molecule has 0 saturated heterocycles. The van der Waals surface area contributed by atoms with Crippen LogP contribution < -0.4 is 0 Å². The fourth-order valence-corrected chi connectivity index (χ4v) is 0.615. The van der Waals surface area contributed by atoms with Crippen LogP contribution in [0.4, 0.5) is 0 Å². The van der Waals surface area contributed by atoms with E-state index in [2.05, 4.69) is 6.58 Å². The zero-order chi connectivity index (χ0) is 9.40. The number of esters is 1. The van der Waals surface area contributed by atoms with Gasteiger partial charge in [0, 0.05) is 11.5 Å². The molecule has 0 spiro atoms. The first-order valence-corrected chi connectivity index (χ1v) is 4.25. The SMILES string of the molecule is C=C(Cl)C=COC(=O)CCCC. The third kappa shape index (κ3) is 7.35. The molecule has 0 unspecified atom stereocenters. The smallest absolute Gasteiger partial charge is 0.310 e. The predicted molar refractivity (Wildman–Crippen MR) is 49.8 cm³/mol. The van der Waals surface area contributed by atoms with E-state index in [9.17, 15) is 4.79 Å². The Morgan fingerprint density at radius 1 is 1.67 bits per heavy atom. The van der Waals surface area contributed by atoms with Crippen LogP contribution in [0.15, 0.2) is 23.9 Å². The monoisotopic (exact) mass is 188 g/mol. The molecule has 0 atom stereocenters. The first-order valence-electron chi connectivity index (χ1n) is 3.87. The fourth-order valence-electron chi connectivity index (χ4n) is 0.564.